The summed E-state index contributed by atoms with van der Waals surface area (Å²) in [6.07, 6.45) is 1.17. The highest BCUT2D eigenvalue weighted by molar-refractivity contribution is 7.99. The van der Waals surface area contributed by atoms with Crippen molar-refractivity contribution in [1.82, 2.24) is 0 Å². The molecular weight excluding hydrogens is 228 g/mol. The summed E-state index contributed by atoms with van der Waals surface area (Å²) in [7, 11) is 0. The first-order valence-corrected chi connectivity index (χ1v) is 7.40. The molecule has 0 aliphatic rings. The molecule has 0 spiro atoms. The van der Waals surface area contributed by atoms with E-state index in [0.717, 1.165) is 18.8 Å². The summed E-state index contributed by atoms with van der Waals surface area (Å²) in [5, 5.41) is 0.708. The first kappa shape index (κ1) is 14.2. The number of hydrogen-bond donors (Lipinski definition) is 1. The molecule has 2 N–H and O–H groups in total. The van der Waals surface area contributed by atoms with Crippen LogP contribution in [-0.2, 0) is 0 Å². The minimum Gasteiger partial charge on any atom is -0.399 e. The van der Waals surface area contributed by atoms with Gasteiger partial charge < -0.3 is 10.6 Å². The number of anilines is 2. The second-order valence-electron chi connectivity index (χ2n) is 4.50. The molecule has 0 atom stereocenters. The molecule has 0 saturated carbocycles. The Morgan fingerprint density at radius 2 is 2.06 bits per heavy atom. The van der Waals surface area contributed by atoms with Gasteiger partial charge in [-0.05, 0) is 29.9 Å². The number of nitrogens with zero attached hydrogens (tertiary/aromatic N) is 1. The van der Waals surface area contributed by atoms with Crippen LogP contribution in [0.25, 0.3) is 0 Å². The molecule has 0 fully saturated rings. The van der Waals surface area contributed by atoms with Crippen LogP contribution in [0.1, 0.15) is 27.2 Å². The molecule has 17 heavy (non-hydrogen) atoms. The van der Waals surface area contributed by atoms with Gasteiger partial charge in [0.05, 0.1) is 0 Å². The highest BCUT2D eigenvalue weighted by Gasteiger charge is 2.06. The van der Waals surface area contributed by atoms with Crippen molar-refractivity contribution in [3.63, 3.8) is 0 Å². The standard InChI is InChI=1S/C14H24N2S/c1-4-8-16(9-10-17-12(2)3)14-7-5-6-13(15)11-14/h5-7,11-12H,4,8-10,15H2,1-3H3. The molecule has 1 aromatic carbocycles. The maximum Gasteiger partial charge on any atom is 0.0387 e. The third-order valence-corrected chi connectivity index (χ3v) is 3.63. The van der Waals surface area contributed by atoms with Crippen molar-refractivity contribution in [2.45, 2.75) is 32.4 Å². The van der Waals surface area contributed by atoms with Crippen LogP contribution in [0, 0.1) is 0 Å². The van der Waals surface area contributed by atoms with Gasteiger partial charge >= 0.3 is 0 Å². The topological polar surface area (TPSA) is 29.3 Å². The summed E-state index contributed by atoms with van der Waals surface area (Å²) in [4.78, 5) is 2.42. The van der Waals surface area contributed by atoms with Gasteiger partial charge in [-0.2, -0.15) is 11.8 Å². The van der Waals surface area contributed by atoms with Gasteiger partial charge in [-0.1, -0.05) is 26.8 Å². The van der Waals surface area contributed by atoms with Crippen molar-refractivity contribution >= 4 is 23.1 Å². The predicted molar refractivity (Wildman–Crippen MR) is 81.0 cm³/mol. The molecule has 3 heteroatoms. The maximum atomic E-state index is 5.84. The van der Waals surface area contributed by atoms with E-state index >= 15 is 0 Å². The van der Waals surface area contributed by atoms with Crippen molar-refractivity contribution in [2.75, 3.05) is 29.5 Å². The molecule has 0 amide bonds. The van der Waals surface area contributed by atoms with Gasteiger partial charge in [-0.15, -0.1) is 0 Å². The van der Waals surface area contributed by atoms with Crippen LogP contribution in [0.4, 0.5) is 11.4 Å². The van der Waals surface area contributed by atoms with Crippen LogP contribution < -0.4 is 10.6 Å². The molecule has 0 heterocycles. The van der Waals surface area contributed by atoms with Crippen LogP contribution >= 0.6 is 11.8 Å². The van der Waals surface area contributed by atoms with Crippen LogP contribution in [0.5, 0.6) is 0 Å². The Morgan fingerprint density at radius 1 is 1.29 bits per heavy atom. The zero-order valence-corrected chi connectivity index (χ0v) is 12.0. The van der Waals surface area contributed by atoms with Gasteiger partial charge in [-0.3, -0.25) is 0 Å². The molecule has 1 rings (SSSR count). The van der Waals surface area contributed by atoms with Crippen molar-refractivity contribution in [3.05, 3.63) is 24.3 Å². The molecule has 0 radical (unpaired) electrons. The summed E-state index contributed by atoms with van der Waals surface area (Å²) >= 11 is 2.01. The quantitative estimate of drug-likeness (QED) is 0.751. The second-order valence-corrected chi connectivity index (χ2v) is 6.19. The van der Waals surface area contributed by atoms with Crippen LogP contribution in [-0.4, -0.2) is 24.1 Å². The monoisotopic (exact) mass is 252 g/mol. The fourth-order valence-corrected chi connectivity index (χ4v) is 2.56. The van der Waals surface area contributed by atoms with E-state index in [4.69, 9.17) is 5.73 Å². The Bertz CT molecular complexity index is 326. The zero-order valence-electron chi connectivity index (χ0n) is 11.1. The van der Waals surface area contributed by atoms with Crippen molar-refractivity contribution in [1.29, 1.82) is 0 Å². The lowest BCUT2D eigenvalue weighted by Crippen LogP contribution is -2.27. The smallest absolute Gasteiger partial charge is 0.0387 e. The second kappa shape index (κ2) is 7.49. The van der Waals surface area contributed by atoms with E-state index < -0.39 is 0 Å². The van der Waals surface area contributed by atoms with Gasteiger partial charge in [0.2, 0.25) is 0 Å². The lowest BCUT2D eigenvalue weighted by molar-refractivity contribution is 0.795. The van der Waals surface area contributed by atoms with E-state index in [1.165, 1.54) is 17.9 Å². The third-order valence-electron chi connectivity index (χ3n) is 2.54. The maximum absolute atomic E-state index is 5.84. The first-order chi connectivity index (χ1) is 8.13. The van der Waals surface area contributed by atoms with E-state index in [-0.39, 0.29) is 0 Å². The molecule has 0 unspecified atom stereocenters. The molecule has 0 saturated heterocycles. The molecule has 0 aromatic heterocycles. The van der Waals surface area contributed by atoms with Crippen molar-refractivity contribution < 1.29 is 0 Å². The molecule has 96 valence electrons. The Hall–Kier alpha value is -0.830. The molecule has 0 aliphatic heterocycles. The Kier molecular flexibility index (Phi) is 6.27. The Labute approximate surface area is 110 Å². The fourth-order valence-electron chi connectivity index (χ4n) is 1.76. The van der Waals surface area contributed by atoms with E-state index in [1.54, 1.807) is 0 Å². The Balaban J connectivity index is 2.58. The largest absolute Gasteiger partial charge is 0.399 e. The van der Waals surface area contributed by atoms with E-state index in [2.05, 4.69) is 37.8 Å². The van der Waals surface area contributed by atoms with Crippen LogP contribution in [0.2, 0.25) is 0 Å². The normalized spacial score (nSPS) is 10.8. The lowest BCUT2D eigenvalue weighted by Gasteiger charge is -2.24. The average molecular weight is 252 g/mol. The number of nitrogen functional groups attached to an aromatic ring is 1. The minimum atomic E-state index is 0.708. The number of hydrogen-bond acceptors (Lipinski definition) is 3. The van der Waals surface area contributed by atoms with Gasteiger partial charge in [-0.25, -0.2) is 0 Å². The summed E-state index contributed by atoms with van der Waals surface area (Å²) in [5.41, 5.74) is 7.93. The van der Waals surface area contributed by atoms with Crippen LogP contribution in [0.15, 0.2) is 24.3 Å². The molecule has 0 bridgehead atoms. The number of thioether (sulfide) groups is 1. The third kappa shape index (κ3) is 5.35. The molecule has 2 nitrogen and oxygen atoms in total. The summed E-state index contributed by atoms with van der Waals surface area (Å²) < 4.78 is 0. The highest BCUT2D eigenvalue weighted by atomic mass is 32.2. The van der Waals surface area contributed by atoms with E-state index in [1.807, 2.05) is 23.9 Å². The van der Waals surface area contributed by atoms with Crippen LogP contribution in [0.3, 0.4) is 0 Å². The molecular formula is C14H24N2S. The minimum absolute atomic E-state index is 0.708. The lowest BCUT2D eigenvalue weighted by atomic mass is 10.2. The molecule has 0 aliphatic carbocycles. The first-order valence-electron chi connectivity index (χ1n) is 6.35. The van der Waals surface area contributed by atoms with Crippen molar-refractivity contribution in [3.8, 4) is 0 Å². The number of rotatable bonds is 7. The van der Waals surface area contributed by atoms with Gasteiger partial charge in [0, 0.05) is 30.2 Å². The number of benzene rings is 1. The van der Waals surface area contributed by atoms with E-state index in [0.29, 0.717) is 5.25 Å². The predicted octanol–water partition coefficient (Wildman–Crippen LogP) is 3.63. The van der Waals surface area contributed by atoms with Gasteiger partial charge in [0.15, 0.2) is 0 Å². The zero-order chi connectivity index (χ0) is 12.7. The SMILES string of the molecule is CCCN(CCSC(C)C)c1cccc(N)c1. The summed E-state index contributed by atoms with van der Waals surface area (Å²) in [6, 6.07) is 8.18. The van der Waals surface area contributed by atoms with Crippen molar-refractivity contribution in [2.24, 2.45) is 0 Å². The summed E-state index contributed by atoms with van der Waals surface area (Å²) in [5.74, 6) is 1.17. The summed E-state index contributed by atoms with van der Waals surface area (Å²) in [6.45, 7) is 8.90. The van der Waals surface area contributed by atoms with Gasteiger partial charge in [0.1, 0.15) is 0 Å². The Morgan fingerprint density at radius 3 is 2.65 bits per heavy atom. The van der Waals surface area contributed by atoms with Gasteiger partial charge in [0.25, 0.3) is 0 Å². The number of nitrogens with two attached hydrogens (primary N) is 1. The average Bonchev–Trinajstić information content (AvgIpc) is 2.27. The fraction of sp³-hybridized carbons (Fsp3) is 0.571. The highest BCUT2D eigenvalue weighted by Crippen LogP contribution is 2.19. The molecule has 1 aromatic rings. The van der Waals surface area contributed by atoms with E-state index in [9.17, 15) is 0 Å².